The van der Waals surface area contributed by atoms with Crippen LogP contribution in [0.3, 0.4) is 0 Å². The van der Waals surface area contributed by atoms with E-state index in [1.165, 1.54) is 22.8 Å². The number of aromatic nitrogens is 3. The highest BCUT2D eigenvalue weighted by atomic mass is 19.1. The molecule has 1 aliphatic heterocycles. The van der Waals surface area contributed by atoms with Gasteiger partial charge in [-0.15, -0.1) is 5.10 Å². The first-order chi connectivity index (χ1) is 17.8. The van der Waals surface area contributed by atoms with Gasteiger partial charge in [-0.3, -0.25) is 0 Å². The van der Waals surface area contributed by atoms with E-state index < -0.39 is 17.6 Å². The Morgan fingerprint density at radius 2 is 1.62 bits per heavy atom. The molecule has 0 spiro atoms. The molecule has 5 N–H and O–H groups in total. The van der Waals surface area contributed by atoms with Crippen LogP contribution in [0.5, 0.6) is 11.8 Å². The highest BCUT2D eigenvalue weighted by molar-refractivity contribution is 6.05. The molecule has 0 unspecified atom stereocenters. The Labute approximate surface area is 210 Å². The van der Waals surface area contributed by atoms with Crippen molar-refractivity contribution in [2.75, 3.05) is 36.9 Å². The SMILES string of the molecule is N=C(Cc1c(F)cccc1F)c1cc(-c2nnc(O)n2-c2ccc(N3CCOCC3)cc2)c(O)cc1N. The van der Waals surface area contributed by atoms with E-state index in [9.17, 15) is 19.0 Å². The lowest BCUT2D eigenvalue weighted by Crippen LogP contribution is -2.36. The van der Waals surface area contributed by atoms with Gasteiger partial charge in [0.15, 0.2) is 5.82 Å². The number of nitrogens with two attached hydrogens (primary N) is 1. The van der Waals surface area contributed by atoms with Gasteiger partial charge in [0.05, 0.1) is 24.5 Å². The Morgan fingerprint density at radius 3 is 2.30 bits per heavy atom. The maximum Gasteiger partial charge on any atom is 0.319 e. The number of ether oxygens (including phenoxy) is 1. The van der Waals surface area contributed by atoms with Crippen LogP contribution in [0.2, 0.25) is 0 Å². The summed E-state index contributed by atoms with van der Waals surface area (Å²) in [6.07, 6.45) is -0.353. The minimum absolute atomic E-state index is 0.0492. The van der Waals surface area contributed by atoms with E-state index in [2.05, 4.69) is 15.1 Å². The number of hydrogen-bond acceptors (Lipinski definition) is 8. The summed E-state index contributed by atoms with van der Waals surface area (Å²) in [6.45, 7) is 2.84. The van der Waals surface area contributed by atoms with Crippen molar-refractivity contribution < 1.29 is 23.7 Å². The summed E-state index contributed by atoms with van der Waals surface area (Å²) in [5.74, 6) is -1.70. The van der Waals surface area contributed by atoms with Crippen molar-refractivity contribution in [1.29, 1.82) is 5.41 Å². The van der Waals surface area contributed by atoms with Crippen LogP contribution < -0.4 is 10.6 Å². The van der Waals surface area contributed by atoms with E-state index in [1.807, 2.05) is 12.1 Å². The zero-order valence-corrected chi connectivity index (χ0v) is 19.7. The Balaban J connectivity index is 1.50. The number of halogens is 2. The van der Waals surface area contributed by atoms with Gasteiger partial charge in [-0.25, -0.2) is 13.3 Å². The van der Waals surface area contributed by atoms with Crippen molar-refractivity contribution in [3.63, 3.8) is 0 Å². The van der Waals surface area contributed by atoms with Gasteiger partial charge in [-0.2, -0.15) is 0 Å². The molecular formula is C26H24F2N6O3. The van der Waals surface area contributed by atoms with Crippen LogP contribution in [0.4, 0.5) is 20.2 Å². The number of benzene rings is 3. The normalized spacial score (nSPS) is 13.6. The maximum atomic E-state index is 14.2. The number of nitrogen functional groups attached to an aromatic ring is 1. The second kappa shape index (κ2) is 9.86. The number of nitrogens with zero attached hydrogens (tertiary/aromatic N) is 4. The number of rotatable bonds is 6. The standard InChI is InChI=1S/C26H24F2N6O3/c27-20-2-1-3-21(28)17(20)13-22(29)18-12-19(24(35)14-23(18)30)25-31-32-26(36)34(25)16-6-4-15(5-7-16)33-8-10-37-11-9-33/h1-7,12,14,29,35H,8-11,13,30H2,(H,32,36). The molecule has 37 heavy (non-hydrogen) atoms. The molecule has 3 aromatic carbocycles. The van der Waals surface area contributed by atoms with E-state index in [1.54, 1.807) is 12.1 Å². The highest BCUT2D eigenvalue weighted by Gasteiger charge is 2.22. The summed E-state index contributed by atoms with van der Waals surface area (Å²) >= 11 is 0. The number of nitrogens with one attached hydrogen (secondary N) is 1. The van der Waals surface area contributed by atoms with Crippen molar-refractivity contribution >= 4 is 17.1 Å². The molecule has 2 heterocycles. The summed E-state index contributed by atoms with van der Waals surface area (Å²) in [5.41, 5.74) is 7.50. The molecule has 0 radical (unpaired) electrons. The van der Waals surface area contributed by atoms with Crippen molar-refractivity contribution in [3.05, 3.63) is 77.4 Å². The van der Waals surface area contributed by atoms with E-state index in [-0.39, 0.29) is 46.1 Å². The smallest absolute Gasteiger partial charge is 0.319 e. The third-order valence-electron chi connectivity index (χ3n) is 6.28. The predicted molar refractivity (Wildman–Crippen MR) is 134 cm³/mol. The number of aromatic hydroxyl groups is 2. The van der Waals surface area contributed by atoms with Crippen molar-refractivity contribution in [2.24, 2.45) is 0 Å². The lowest BCUT2D eigenvalue weighted by molar-refractivity contribution is 0.122. The van der Waals surface area contributed by atoms with Crippen LogP contribution in [0.15, 0.2) is 54.6 Å². The van der Waals surface area contributed by atoms with Gasteiger partial charge in [0.2, 0.25) is 0 Å². The fraction of sp³-hybridized carbons (Fsp3) is 0.192. The average molecular weight is 507 g/mol. The molecule has 11 heteroatoms. The summed E-state index contributed by atoms with van der Waals surface area (Å²) in [6, 6.07) is 13.1. The number of phenols is 1. The number of phenolic OH excluding ortho intramolecular Hbond substituents is 1. The van der Waals surface area contributed by atoms with Gasteiger partial charge in [0, 0.05) is 53.8 Å². The fourth-order valence-corrected chi connectivity index (χ4v) is 4.34. The van der Waals surface area contributed by atoms with Crippen LogP contribution in [-0.2, 0) is 11.2 Å². The second-order valence-corrected chi connectivity index (χ2v) is 8.59. The third-order valence-corrected chi connectivity index (χ3v) is 6.28. The topological polar surface area (TPSA) is 134 Å². The molecule has 1 aliphatic rings. The largest absolute Gasteiger partial charge is 0.507 e. The molecule has 1 fully saturated rings. The summed E-state index contributed by atoms with van der Waals surface area (Å²) in [5, 5.41) is 37.4. The molecule has 0 amide bonds. The van der Waals surface area contributed by atoms with Gasteiger partial charge in [-0.1, -0.05) is 11.2 Å². The number of hydrogen-bond donors (Lipinski definition) is 4. The Hall–Kier alpha value is -4.51. The zero-order valence-electron chi connectivity index (χ0n) is 19.7. The highest BCUT2D eigenvalue weighted by Crippen LogP contribution is 2.36. The van der Waals surface area contributed by atoms with Gasteiger partial charge in [0.1, 0.15) is 17.4 Å². The van der Waals surface area contributed by atoms with E-state index >= 15 is 0 Å². The van der Waals surface area contributed by atoms with Gasteiger partial charge >= 0.3 is 6.01 Å². The zero-order chi connectivity index (χ0) is 26.1. The number of morpholine rings is 1. The van der Waals surface area contributed by atoms with Gasteiger partial charge < -0.3 is 31.0 Å². The van der Waals surface area contributed by atoms with Crippen molar-refractivity contribution in [2.45, 2.75) is 6.42 Å². The molecule has 0 bridgehead atoms. The molecule has 0 aliphatic carbocycles. The lowest BCUT2D eigenvalue weighted by Gasteiger charge is -2.29. The first kappa shape index (κ1) is 24.2. The molecule has 9 nitrogen and oxygen atoms in total. The first-order valence-electron chi connectivity index (χ1n) is 11.5. The van der Waals surface area contributed by atoms with Crippen LogP contribution >= 0.6 is 0 Å². The van der Waals surface area contributed by atoms with Gasteiger partial charge in [0.25, 0.3) is 0 Å². The molecular weight excluding hydrogens is 482 g/mol. The summed E-state index contributed by atoms with van der Waals surface area (Å²) in [4.78, 5) is 2.18. The van der Waals surface area contributed by atoms with Crippen molar-refractivity contribution in [3.8, 4) is 28.8 Å². The minimum atomic E-state index is -0.771. The average Bonchev–Trinajstić information content (AvgIpc) is 3.28. The third kappa shape index (κ3) is 4.68. The minimum Gasteiger partial charge on any atom is -0.507 e. The maximum absolute atomic E-state index is 14.2. The molecule has 0 saturated carbocycles. The summed E-state index contributed by atoms with van der Waals surface area (Å²) in [7, 11) is 0. The van der Waals surface area contributed by atoms with E-state index in [0.29, 0.717) is 18.9 Å². The van der Waals surface area contributed by atoms with Crippen LogP contribution in [0, 0.1) is 17.0 Å². The quantitative estimate of drug-likeness (QED) is 0.232. The fourth-order valence-electron chi connectivity index (χ4n) is 4.34. The molecule has 1 saturated heterocycles. The predicted octanol–water partition coefficient (Wildman–Crippen LogP) is 3.65. The van der Waals surface area contributed by atoms with Crippen molar-refractivity contribution in [1.82, 2.24) is 14.8 Å². The first-order valence-corrected chi connectivity index (χ1v) is 11.5. The van der Waals surface area contributed by atoms with E-state index in [4.69, 9.17) is 15.9 Å². The van der Waals surface area contributed by atoms with Crippen LogP contribution in [0.1, 0.15) is 11.1 Å². The van der Waals surface area contributed by atoms with Gasteiger partial charge in [-0.05, 0) is 42.5 Å². The molecule has 5 rings (SSSR count). The van der Waals surface area contributed by atoms with Crippen LogP contribution in [0.25, 0.3) is 17.1 Å². The van der Waals surface area contributed by atoms with E-state index in [0.717, 1.165) is 30.9 Å². The van der Waals surface area contributed by atoms with Crippen LogP contribution in [-0.4, -0.2) is 57.0 Å². The molecule has 190 valence electrons. The lowest BCUT2D eigenvalue weighted by atomic mass is 9.97. The Kier molecular flexibility index (Phi) is 6.45. The molecule has 1 aromatic heterocycles. The molecule has 0 atom stereocenters. The summed E-state index contributed by atoms with van der Waals surface area (Å²) < 4.78 is 35.1. The Morgan fingerprint density at radius 1 is 0.973 bits per heavy atom. The molecule has 4 aromatic rings. The second-order valence-electron chi connectivity index (χ2n) is 8.59. The number of anilines is 2. The monoisotopic (exact) mass is 506 g/mol. The Bertz CT molecular complexity index is 1450.